The summed E-state index contributed by atoms with van der Waals surface area (Å²) in [5, 5.41) is 2.86. The Hall–Kier alpha value is -1.08. The molecule has 2 heteroatoms. The zero-order chi connectivity index (χ0) is 10.3. The molecule has 0 unspecified atom stereocenters. The van der Waals surface area contributed by atoms with Crippen molar-refractivity contribution in [1.29, 1.82) is 0 Å². The lowest BCUT2D eigenvalue weighted by Gasteiger charge is -2.07. The number of fused-ring (bicyclic) bond motifs is 1. The van der Waals surface area contributed by atoms with E-state index in [9.17, 15) is 0 Å². The van der Waals surface area contributed by atoms with Gasteiger partial charge in [0, 0.05) is 11.1 Å². The smallest absolute Gasteiger partial charge is 0.137 e. The average molecular weight is 206 g/mol. The first-order valence-electron chi connectivity index (χ1n) is 4.62. The molecule has 2 rings (SSSR count). The fraction of sp³-hybridized carbons (Fsp3) is 0.250. The van der Waals surface area contributed by atoms with Crippen LogP contribution in [0.3, 0.4) is 0 Å². The zero-order valence-corrected chi connectivity index (χ0v) is 9.31. The van der Waals surface area contributed by atoms with Gasteiger partial charge in [-0.1, -0.05) is 23.7 Å². The summed E-state index contributed by atoms with van der Waals surface area (Å²) >= 11 is 6.13. The van der Waals surface area contributed by atoms with Crippen LogP contribution in [0.4, 0.5) is 0 Å². The van der Waals surface area contributed by atoms with Crippen molar-refractivity contribution in [2.24, 2.45) is 0 Å². The van der Waals surface area contributed by atoms with Crippen LogP contribution in [0.5, 0.6) is 0 Å². The third kappa shape index (κ3) is 1.38. The van der Waals surface area contributed by atoms with Crippen molar-refractivity contribution in [2.75, 3.05) is 0 Å². The van der Waals surface area contributed by atoms with Gasteiger partial charge in [-0.2, -0.15) is 0 Å². The van der Waals surface area contributed by atoms with E-state index in [1.807, 2.05) is 6.92 Å². The van der Waals surface area contributed by atoms with Crippen LogP contribution in [-0.4, -0.2) is 4.98 Å². The highest BCUT2D eigenvalue weighted by atomic mass is 35.5. The van der Waals surface area contributed by atoms with Crippen LogP contribution in [0.1, 0.15) is 16.8 Å². The first-order chi connectivity index (χ1) is 6.59. The summed E-state index contributed by atoms with van der Waals surface area (Å²) in [4.78, 5) is 4.27. The van der Waals surface area contributed by atoms with Crippen molar-refractivity contribution in [3.8, 4) is 0 Å². The van der Waals surface area contributed by atoms with Gasteiger partial charge >= 0.3 is 0 Å². The number of hydrogen-bond donors (Lipinski definition) is 0. The molecule has 0 spiro atoms. The van der Waals surface area contributed by atoms with Crippen molar-refractivity contribution in [1.82, 2.24) is 4.98 Å². The van der Waals surface area contributed by atoms with Gasteiger partial charge in [-0.25, -0.2) is 4.98 Å². The summed E-state index contributed by atoms with van der Waals surface area (Å²) in [5.74, 6) is 0. The van der Waals surface area contributed by atoms with E-state index in [2.05, 4.69) is 37.0 Å². The Kier molecular flexibility index (Phi) is 2.20. The van der Waals surface area contributed by atoms with Gasteiger partial charge in [-0.15, -0.1) is 0 Å². The van der Waals surface area contributed by atoms with E-state index in [0.717, 1.165) is 11.1 Å². The first kappa shape index (κ1) is 9.47. The summed E-state index contributed by atoms with van der Waals surface area (Å²) in [7, 11) is 0. The lowest BCUT2D eigenvalue weighted by molar-refractivity contribution is 1.22. The van der Waals surface area contributed by atoms with Crippen LogP contribution in [-0.2, 0) is 0 Å². The lowest BCUT2D eigenvalue weighted by atomic mass is 10.0. The van der Waals surface area contributed by atoms with Gasteiger partial charge < -0.3 is 0 Å². The number of aromatic nitrogens is 1. The second-order valence-electron chi connectivity index (χ2n) is 3.66. The first-order valence-corrected chi connectivity index (χ1v) is 5.00. The monoisotopic (exact) mass is 205 g/mol. The molecular formula is C12H12ClN. The molecule has 0 amide bonds. The molecule has 0 fully saturated rings. The lowest BCUT2D eigenvalue weighted by Crippen LogP contribution is -1.89. The maximum absolute atomic E-state index is 6.13. The Morgan fingerprint density at radius 1 is 1.14 bits per heavy atom. The van der Waals surface area contributed by atoms with Crippen LogP contribution < -0.4 is 0 Å². The summed E-state index contributed by atoms with van der Waals surface area (Å²) in [6.07, 6.45) is 0. The predicted octanol–water partition coefficient (Wildman–Crippen LogP) is 3.81. The molecule has 1 heterocycles. The standard InChI is InChI=1S/C12H12ClN/c1-7-4-5-10-6-8(2)14-12(13)11(10)9(7)3/h4-6H,1-3H3. The number of rotatable bonds is 0. The second-order valence-corrected chi connectivity index (χ2v) is 4.02. The Bertz CT molecular complexity index is 503. The Labute approximate surface area is 88.7 Å². The van der Waals surface area contributed by atoms with E-state index < -0.39 is 0 Å². The molecule has 2 aromatic rings. The van der Waals surface area contributed by atoms with Crippen molar-refractivity contribution in [3.63, 3.8) is 0 Å². The normalized spacial score (nSPS) is 10.9. The van der Waals surface area contributed by atoms with Gasteiger partial charge in [0.05, 0.1) is 0 Å². The number of halogens is 1. The van der Waals surface area contributed by atoms with E-state index in [0.29, 0.717) is 5.15 Å². The maximum Gasteiger partial charge on any atom is 0.137 e. The summed E-state index contributed by atoms with van der Waals surface area (Å²) in [5.41, 5.74) is 3.44. The molecule has 0 saturated heterocycles. The van der Waals surface area contributed by atoms with Crippen LogP contribution in [0.25, 0.3) is 10.8 Å². The van der Waals surface area contributed by atoms with Crippen molar-refractivity contribution in [3.05, 3.63) is 40.2 Å². The Balaban J connectivity index is 2.95. The molecule has 1 aromatic carbocycles. The molecule has 0 atom stereocenters. The molecule has 0 N–H and O–H groups in total. The predicted molar refractivity (Wildman–Crippen MR) is 61.0 cm³/mol. The van der Waals surface area contributed by atoms with Gasteiger partial charge in [-0.3, -0.25) is 0 Å². The third-order valence-corrected chi connectivity index (χ3v) is 2.89. The second kappa shape index (κ2) is 3.25. The molecule has 72 valence electrons. The highest BCUT2D eigenvalue weighted by molar-refractivity contribution is 6.34. The number of benzene rings is 1. The number of hydrogen-bond acceptors (Lipinski definition) is 1. The van der Waals surface area contributed by atoms with Crippen LogP contribution in [0.15, 0.2) is 18.2 Å². The molecule has 0 saturated carbocycles. The largest absolute Gasteiger partial charge is 0.241 e. The Morgan fingerprint density at radius 3 is 2.57 bits per heavy atom. The Morgan fingerprint density at radius 2 is 1.86 bits per heavy atom. The fourth-order valence-electron chi connectivity index (χ4n) is 1.70. The van der Waals surface area contributed by atoms with E-state index in [1.54, 1.807) is 0 Å². The van der Waals surface area contributed by atoms with Gasteiger partial charge in [0.15, 0.2) is 0 Å². The van der Waals surface area contributed by atoms with Crippen LogP contribution in [0, 0.1) is 20.8 Å². The zero-order valence-electron chi connectivity index (χ0n) is 8.56. The summed E-state index contributed by atoms with van der Waals surface area (Å²) in [6, 6.07) is 6.28. The fourth-order valence-corrected chi connectivity index (χ4v) is 2.08. The van der Waals surface area contributed by atoms with Gasteiger partial charge in [0.2, 0.25) is 0 Å². The van der Waals surface area contributed by atoms with Crippen LogP contribution >= 0.6 is 11.6 Å². The molecule has 14 heavy (non-hydrogen) atoms. The highest BCUT2D eigenvalue weighted by Gasteiger charge is 2.06. The average Bonchev–Trinajstić information content (AvgIpc) is 2.10. The highest BCUT2D eigenvalue weighted by Crippen LogP contribution is 2.27. The van der Waals surface area contributed by atoms with Gasteiger partial charge in [-0.05, 0) is 43.4 Å². The molecule has 1 aromatic heterocycles. The van der Waals surface area contributed by atoms with Crippen molar-refractivity contribution < 1.29 is 0 Å². The maximum atomic E-state index is 6.13. The molecule has 0 bridgehead atoms. The summed E-state index contributed by atoms with van der Waals surface area (Å²) in [6.45, 7) is 6.13. The number of nitrogens with zero attached hydrogens (tertiary/aromatic N) is 1. The van der Waals surface area contributed by atoms with E-state index in [4.69, 9.17) is 11.6 Å². The van der Waals surface area contributed by atoms with Gasteiger partial charge in [0.25, 0.3) is 0 Å². The minimum absolute atomic E-state index is 0.612. The topological polar surface area (TPSA) is 12.9 Å². The quantitative estimate of drug-likeness (QED) is 0.596. The molecule has 0 aliphatic carbocycles. The van der Waals surface area contributed by atoms with E-state index in [1.165, 1.54) is 16.5 Å². The van der Waals surface area contributed by atoms with Crippen molar-refractivity contribution >= 4 is 22.4 Å². The SMILES string of the molecule is Cc1cc2ccc(C)c(C)c2c(Cl)n1. The molecule has 0 radical (unpaired) electrons. The van der Waals surface area contributed by atoms with Crippen molar-refractivity contribution in [2.45, 2.75) is 20.8 Å². The third-order valence-electron chi connectivity index (χ3n) is 2.61. The molecule has 1 nitrogen and oxygen atoms in total. The number of pyridine rings is 1. The molecule has 0 aliphatic rings. The summed E-state index contributed by atoms with van der Waals surface area (Å²) < 4.78 is 0. The molecular weight excluding hydrogens is 194 g/mol. The van der Waals surface area contributed by atoms with Crippen LogP contribution in [0.2, 0.25) is 5.15 Å². The minimum atomic E-state index is 0.612. The minimum Gasteiger partial charge on any atom is -0.241 e. The molecule has 0 aliphatic heterocycles. The van der Waals surface area contributed by atoms with E-state index in [-0.39, 0.29) is 0 Å². The number of aryl methyl sites for hydroxylation is 3. The van der Waals surface area contributed by atoms with E-state index >= 15 is 0 Å². The van der Waals surface area contributed by atoms with Gasteiger partial charge in [0.1, 0.15) is 5.15 Å².